The molecule has 0 N–H and O–H groups in total. The summed E-state index contributed by atoms with van der Waals surface area (Å²) in [5.41, 5.74) is 1.29. The molecule has 0 atom stereocenters. The molecule has 26 heavy (non-hydrogen) atoms. The summed E-state index contributed by atoms with van der Waals surface area (Å²) < 4.78 is 5.33. The molecule has 0 saturated carbocycles. The lowest BCUT2D eigenvalue weighted by atomic mass is 10.3. The number of amidine groups is 1. The first-order chi connectivity index (χ1) is 12.7. The van der Waals surface area contributed by atoms with Gasteiger partial charge in [0.2, 0.25) is 0 Å². The largest absolute Gasteiger partial charge is 0.465 e. The molecular formula is C19H12ClN3O2S. The lowest BCUT2D eigenvalue weighted by Crippen LogP contribution is -2.28. The second-order valence-corrected chi connectivity index (χ2v) is 6.74. The number of hydrogen-bond acceptors (Lipinski definition) is 5. The Morgan fingerprint density at radius 3 is 2.73 bits per heavy atom. The molecule has 7 heteroatoms. The first kappa shape index (κ1) is 16.6. The number of thioether (sulfide) groups is 1. The quantitative estimate of drug-likeness (QED) is 0.589. The summed E-state index contributed by atoms with van der Waals surface area (Å²) in [6.07, 6.45) is 6.41. The van der Waals surface area contributed by atoms with Gasteiger partial charge in [0.1, 0.15) is 5.76 Å². The maximum Gasteiger partial charge on any atom is 0.271 e. The van der Waals surface area contributed by atoms with Crippen LogP contribution in [0.15, 0.2) is 81.5 Å². The van der Waals surface area contributed by atoms with E-state index >= 15 is 0 Å². The summed E-state index contributed by atoms with van der Waals surface area (Å²) in [6, 6.07) is 14.6. The van der Waals surface area contributed by atoms with E-state index in [1.165, 1.54) is 18.0 Å². The predicted molar refractivity (Wildman–Crippen MR) is 105 cm³/mol. The van der Waals surface area contributed by atoms with E-state index in [-0.39, 0.29) is 5.91 Å². The van der Waals surface area contributed by atoms with Crippen LogP contribution in [0.2, 0.25) is 5.02 Å². The third-order valence-electron chi connectivity index (χ3n) is 3.60. The minimum atomic E-state index is -0.165. The zero-order valence-electron chi connectivity index (χ0n) is 13.4. The third kappa shape index (κ3) is 3.29. The van der Waals surface area contributed by atoms with Crippen molar-refractivity contribution in [2.75, 3.05) is 4.90 Å². The smallest absolute Gasteiger partial charge is 0.271 e. The molecule has 1 amide bonds. The number of aromatic nitrogens is 1. The number of furan rings is 1. The molecule has 0 bridgehead atoms. The molecule has 1 fully saturated rings. The third-order valence-corrected chi connectivity index (χ3v) is 4.86. The molecule has 5 nitrogen and oxygen atoms in total. The molecule has 0 spiro atoms. The molecular weight excluding hydrogens is 370 g/mol. The lowest BCUT2D eigenvalue weighted by molar-refractivity contribution is -0.113. The Kier molecular flexibility index (Phi) is 4.60. The molecule has 2 aromatic heterocycles. The first-order valence-electron chi connectivity index (χ1n) is 7.73. The summed E-state index contributed by atoms with van der Waals surface area (Å²) in [6.45, 7) is 0. The van der Waals surface area contributed by atoms with Gasteiger partial charge in [0.05, 0.1) is 27.6 Å². The summed E-state index contributed by atoms with van der Waals surface area (Å²) in [4.78, 5) is 23.6. The Balaban J connectivity index is 1.80. The Bertz CT molecular complexity index is 1000. The zero-order chi connectivity index (χ0) is 17.9. The molecule has 0 aliphatic carbocycles. The second-order valence-electron chi connectivity index (χ2n) is 5.32. The van der Waals surface area contributed by atoms with Crippen LogP contribution in [-0.4, -0.2) is 16.1 Å². The van der Waals surface area contributed by atoms with Crippen LogP contribution in [0.5, 0.6) is 0 Å². The zero-order valence-corrected chi connectivity index (χ0v) is 14.9. The Morgan fingerprint density at radius 1 is 1.15 bits per heavy atom. The summed E-state index contributed by atoms with van der Waals surface area (Å²) >= 11 is 7.44. The van der Waals surface area contributed by atoms with E-state index in [4.69, 9.17) is 16.0 Å². The number of carbonyl (C=O) groups excluding carboxylic acids is 1. The van der Waals surface area contributed by atoms with Crippen LogP contribution in [0.3, 0.4) is 0 Å². The van der Waals surface area contributed by atoms with Crippen LogP contribution in [0.25, 0.3) is 6.08 Å². The van der Waals surface area contributed by atoms with E-state index in [1.54, 1.807) is 41.6 Å². The number of carbonyl (C=O) groups is 1. The van der Waals surface area contributed by atoms with Crippen LogP contribution in [0, 0.1) is 0 Å². The predicted octanol–water partition coefficient (Wildman–Crippen LogP) is 5.14. The molecule has 3 aromatic rings. The number of anilines is 1. The highest BCUT2D eigenvalue weighted by Gasteiger charge is 2.35. The molecule has 1 aliphatic heterocycles. The SMILES string of the molecule is O=C1/C(=C\c2ccco2)SC(=Nc2ccncc2Cl)N1c1ccccc1. The average Bonchev–Trinajstić information content (AvgIpc) is 3.27. The van der Waals surface area contributed by atoms with Crippen molar-refractivity contribution in [3.63, 3.8) is 0 Å². The van der Waals surface area contributed by atoms with Crippen LogP contribution in [0.4, 0.5) is 11.4 Å². The minimum Gasteiger partial charge on any atom is -0.465 e. The van der Waals surface area contributed by atoms with Gasteiger partial charge in [-0.3, -0.25) is 14.7 Å². The fourth-order valence-electron chi connectivity index (χ4n) is 2.42. The molecule has 128 valence electrons. The Hall–Kier alpha value is -2.83. The van der Waals surface area contributed by atoms with Crippen molar-refractivity contribution in [3.05, 3.63) is 82.9 Å². The van der Waals surface area contributed by atoms with E-state index in [0.29, 0.717) is 26.5 Å². The number of aliphatic imine (C=N–C) groups is 1. The Labute approximate surface area is 159 Å². The first-order valence-corrected chi connectivity index (χ1v) is 8.92. The molecule has 1 saturated heterocycles. The van der Waals surface area contributed by atoms with E-state index in [1.807, 2.05) is 30.3 Å². The van der Waals surface area contributed by atoms with Crippen molar-refractivity contribution in [3.8, 4) is 0 Å². The number of hydrogen-bond donors (Lipinski definition) is 0. The van der Waals surface area contributed by atoms with Crippen molar-refractivity contribution in [1.29, 1.82) is 0 Å². The fraction of sp³-hybridized carbons (Fsp3) is 0. The van der Waals surface area contributed by atoms with Crippen LogP contribution >= 0.6 is 23.4 Å². The molecule has 3 heterocycles. The number of para-hydroxylation sites is 1. The fourth-order valence-corrected chi connectivity index (χ4v) is 3.55. The van der Waals surface area contributed by atoms with Gasteiger partial charge in [-0.1, -0.05) is 29.8 Å². The Morgan fingerprint density at radius 2 is 2.00 bits per heavy atom. The van der Waals surface area contributed by atoms with E-state index in [0.717, 1.165) is 5.69 Å². The number of nitrogens with zero attached hydrogens (tertiary/aromatic N) is 3. The van der Waals surface area contributed by atoms with Gasteiger partial charge in [-0.05, 0) is 42.1 Å². The van der Waals surface area contributed by atoms with Crippen LogP contribution in [-0.2, 0) is 4.79 Å². The number of pyridine rings is 1. The maximum absolute atomic E-state index is 13.0. The number of rotatable bonds is 3. The van der Waals surface area contributed by atoms with Crippen molar-refractivity contribution in [1.82, 2.24) is 4.98 Å². The van der Waals surface area contributed by atoms with Crippen molar-refractivity contribution in [2.24, 2.45) is 4.99 Å². The summed E-state index contributed by atoms with van der Waals surface area (Å²) in [5.74, 6) is 0.443. The molecule has 1 aromatic carbocycles. The van der Waals surface area contributed by atoms with Crippen LogP contribution in [0.1, 0.15) is 5.76 Å². The maximum atomic E-state index is 13.0. The topological polar surface area (TPSA) is 58.7 Å². The standard InChI is InChI=1S/C19H12ClN3O2S/c20-15-12-21-9-8-16(15)22-19-23(13-5-2-1-3-6-13)18(24)17(26-19)11-14-7-4-10-25-14/h1-12H/b17-11+,22-19?. The van der Waals surface area contributed by atoms with Gasteiger partial charge < -0.3 is 4.42 Å². The van der Waals surface area contributed by atoms with Gasteiger partial charge in [-0.2, -0.15) is 0 Å². The van der Waals surface area contributed by atoms with Gasteiger partial charge in [-0.25, -0.2) is 4.99 Å². The molecule has 0 radical (unpaired) electrons. The highest BCUT2D eigenvalue weighted by molar-refractivity contribution is 8.19. The van der Waals surface area contributed by atoms with Gasteiger partial charge >= 0.3 is 0 Å². The summed E-state index contributed by atoms with van der Waals surface area (Å²) in [5, 5.41) is 0.941. The highest BCUT2D eigenvalue weighted by atomic mass is 35.5. The van der Waals surface area contributed by atoms with E-state index in [9.17, 15) is 4.79 Å². The van der Waals surface area contributed by atoms with Crippen LogP contribution < -0.4 is 4.90 Å². The van der Waals surface area contributed by atoms with Gasteiger partial charge in [0.15, 0.2) is 5.17 Å². The van der Waals surface area contributed by atoms with E-state index in [2.05, 4.69) is 9.98 Å². The monoisotopic (exact) mass is 381 g/mol. The van der Waals surface area contributed by atoms with Crippen molar-refractivity contribution in [2.45, 2.75) is 0 Å². The highest BCUT2D eigenvalue weighted by Crippen LogP contribution is 2.38. The van der Waals surface area contributed by atoms with Crippen molar-refractivity contribution < 1.29 is 9.21 Å². The number of benzene rings is 1. The molecule has 1 aliphatic rings. The lowest BCUT2D eigenvalue weighted by Gasteiger charge is -2.15. The second kappa shape index (κ2) is 7.19. The van der Waals surface area contributed by atoms with Gasteiger partial charge in [0, 0.05) is 18.5 Å². The molecule has 0 unspecified atom stereocenters. The molecule has 4 rings (SSSR count). The van der Waals surface area contributed by atoms with Crippen molar-refractivity contribution >= 4 is 51.9 Å². The van der Waals surface area contributed by atoms with E-state index < -0.39 is 0 Å². The summed E-state index contributed by atoms with van der Waals surface area (Å²) in [7, 11) is 0. The minimum absolute atomic E-state index is 0.165. The normalized spacial score (nSPS) is 17.4. The average molecular weight is 382 g/mol. The van der Waals surface area contributed by atoms with Gasteiger partial charge in [-0.15, -0.1) is 0 Å². The number of amides is 1. The number of halogens is 1. The van der Waals surface area contributed by atoms with Gasteiger partial charge in [0.25, 0.3) is 5.91 Å².